The molecule has 1 amide bonds. The number of amides is 1. The zero-order chi connectivity index (χ0) is 18.5. The molecule has 26 heavy (non-hydrogen) atoms. The zero-order valence-corrected chi connectivity index (χ0v) is 17.4. The third-order valence-electron chi connectivity index (χ3n) is 5.11. The maximum atomic E-state index is 13.3. The Hall–Kier alpha value is -1.15. The van der Waals surface area contributed by atoms with Crippen LogP contribution in [-0.4, -0.2) is 69.6 Å². The summed E-state index contributed by atoms with van der Waals surface area (Å²) < 4.78 is 25.9. The van der Waals surface area contributed by atoms with E-state index in [1.807, 2.05) is 44.4 Å². The van der Waals surface area contributed by atoms with E-state index < -0.39 is 15.4 Å². The fourth-order valence-corrected chi connectivity index (χ4v) is 4.56. The Balaban J connectivity index is 0.00000338. The number of hydrogen-bond acceptors (Lipinski definition) is 4. The normalized spacial score (nSPS) is 17.3. The lowest BCUT2D eigenvalue weighted by molar-refractivity contribution is -0.137. The maximum absolute atomic E-state index is 13.3. The Bertz CT molecular complexity index is 674. The Kier molecular flexibility index (Phi) is 8.53. The Morgan fingerprint density at radius 1 is 1.23 bits per heavy atom. The number of benzene rings is 1. The molecule has 0 spiro atoms. The van der Waals surface area contributed by atoms with E-state index >= 15 is 0 Å². The van der Waals surface area contributed by atoms with Gasteiger partial charge in [-0.25, -0.2) is 12.7 Å². The van der Waals surface area contributed by atoms with Gasteiger partial charge in [-0.1, -0.05) is 30.3 Å². The largest absolute Gasteiger partial charge is 0.344 e. The van der Waals surface area contributed by atoms with E-state index in [1.54, 1.807) is 11.8 Å². The predicted octanol–water partition coefficient (Wildman–Crippen LogP) is 1.47. The minimum atomic E-state index is -3.22. The highest BCUT2D eigenvalue weighted by Crippen LogP contribution is 2.38. The first kappa shape index (κ1) is 22.9. The zero-order valence-electron chi connectivity index (χ0n) is 15.8. The molecule has 1 aliphatic rings. The van der Waals surface area contributed by atoms with E-state index in [0.29, 0.717) is 32.5 Å². The molecule has 2 rings (SSSR count). The van der Waals surface area contributed by atoms with E-state index in [4.69, 9.17) is 0 Å². The van der Waals surface area contributed by atoms with Crippen LogP contribution in [0.25, 0.3) is 0 Å². The number of hydrogen-bond donors (Lipinski definition) is 1. The molecule has 1 aromatic rings. The van der Waals surface area contributed by atoms with Crippen LogP contribution >= 0.6 is 12.4 Å². The SMILES string of the molecule is CCS(=O)(=O)N1CCC(C(=O)N(C)CCNC)(c2ccccc2)CC1.Cl. The Morgan fingerprint density at radius 2 is 1.81 bits per heavy atom. The minimum absolute atomic E-state index is 0. The van der Waals surface area contributed by atoms with Gasteiger partial charge in [-0.2, -0.15) is 0 Å². The molecule has 0 saturated carbocycles. The summed E-state index contributed by atoms with van der Waals surface area (Å²) in [7, 11) is 0.464. The van der Waals surface area contributed by atoms with Crippen molar-refractivity contribution in [3.8, 4) is 0 Å². The molecule has 0 unspecified atom stereocenters. The lowest BCUT2D eigenvalue weighted by Gasteiger charge is -2.42. The number of carbonyl (C=O) groups is 1. The van der Waals surface area contributed by atoms with E-state index in [9.17, 15) is 13.2 Å². The smallest absolute Gasteiger partial charge is 0.233 e. The van der Waals surface area contributed by atoms with Crippen LogP contribution in [0.4, 0.5) is 0 Å². The Morgan fingerprint density at radius 3 is 2.31 bits per heavy atom. The molecule has 0 aromatic heterocycles. The molecule has 1 fully saturated rings. The van der Waals surface area contributed by atoms with Gasteiger partial charge in [0, 0.05) is 33.2 Å². The van der Waals surface area contributed by atoms with E-state index in [0.717, 1.165) is 12.1 Å². The summed E-state index contributed by atoms with van der Waals surface area (Å²) in [5, 5.41) is 3.06. The number of nitrogens with one attached hydrogen (secondary N) is 1. The molecule has 1 aliphatic heterocycles. The molecule has 148 valence electrons. The van der Waals surface area contributed by atoms with Gasteiger partial charge in [-0.15, -0.1) is 12.4 Å². The summed E-state index contributed by atoms with van der Waals surface area (Å²) in [6, 6.07) is 9.77. The summed E-state index contributed by atoms with van der Waals surface area (Å²) in [6.07, 6.45) is 1.03. The highest BCUT2D eigenvalue weighted by atomic mass is 35.5. The Labute approximate surface area is 163 Å². The summed E-state index contributed by atoms with van der Waals surface area (Å²) in [5.74, 6) is 0.170. The van der Waals surface area contributed by atoms with Crippen molar-refractivity contribution in [3.05, 3.63) is 35.9 Å². The molecule has 0 radical (unpaired) electrons. The first-order chi connectivity index (χ1) is 11.9. The molecule has 1 heterocycles. The summed E-state index contributed by atoms with van der Waals surface area (Å²) in [5.41, 5.74) is 0.327. The number of carbonyl (C=O) groups excluding carboxylic acids is 1. The van der Waals surface area contributed by atoms with E-state index in [-0.39, 0.29) is 24.1 Å². The van der Waals surface area contributed by atoms with Gasteiger partial charge < -0.3 is 10.2 Å². The van der Waals surface area contributed by atoms with Gasteiger partial charge >= 0.3 is 0 Å². The molecule has 8 heteroatoms. The summed E-state index contributed by atoms with van der Waals surface area (Å²) in [6.45, 7) is 3.78. The van der Waals surface area contributed by atoms with Crippen LogP contribution in [0.2, 0.25) is 0 Å². The van der Waals surface area contributed by atoms with Crippen LogP contribution < -0.4 is 5.32 Å². The topological polar surface area (TPSA) is 69.7 Å². The standard InChI is InChI=1S/C18H29N3O3S.ClH/c1-4-25(23,24)21-13-10-18(11-14-21,16-8-6-5-7-9-16)17(22)20(3)15-12-19-2;/h5-9,19H,4,10-15H2,1-3H3;1H. The molecular formula is C18H30ClN3O3S. The van der Waals surface area contributed by atoms with Gasteiger partial charge in [0.2, 0.25) is 15.9 Å². The van der Waals surface area contributed by atoms with Gasteiger partial charge in [0.25, 0.3) is 0 Å². The fraction of sp³-hybridized carbons (Fsp3) is 0.611. The van der Waals surface area contributed by atoms with Gasteiger partial charge in [0.05, 0.1) is 11.2 Å². The first-order valence-corrected chi connectivity index (χ1v) is 10.4. The lowest BCUT2D eigenvalue weighted by atomic mass is 9.72. The predicted molar refractivity (Wildman–Crippen MR) is 107 cm³/mol. The van der Waals surface area contributed by atoms with Gasteiger partial charge in [0.1, 0.15) is 0 Å². The number of likely N-dealkylation sites (N-methyl/N-ethyl adjacent to an activating group) is 2. The van der Waals surface area contributed by atoms with Crippen LogP contribution in [0.15, 0.2) is 30.3 Å². The molecule has 6 nitrogen and oxygen atoms in total. The van der Waals surface area contributed by atoms with Crippen molar-refractivity contribution in [1.29, 1.82) is 0 Å². The second kappa shape index (κ2) is 9.69. The van der Waals surface area contributed by atoms with Crippen molar-refractivity contribution in [3.63, 3.8) is 0 Å². The lowest BCUT2D eigenvalue weighted by Crippen LogP contribution is -2.53. The van der Waals surface area contributed by atoms with Crippen molar-refractivity contribution in [1.82, 2.24) is 14.5 Å². The fourth-order valence-electron chi connectivity index (χ4n) is 3.46. The van der Waals surface area contributed by atoms with Crippen molar-refractivity contribution in [2.45, 2.75) is 25.2 Å². The van der Waals surface area contributed by atoms with Crippen molar-refractivity contribution in [2.75, 3.05) is 46.0 Å². The van der Waals surface area contributed by atoms with Crippen molar-refractivity contribution in [2.24, 2.45) is 0 Å². The third-order valence-corrected chi connectivity index (χ3v) is 7.00. The molecule has 0 atom stereocenters. The van der Waals surface area contributed by atoms with Crippen molar-refractivity contribution < 1.29 is 13.2 Å². The number of nitrogens with zero attached hydrogens (tertiary/aromatic N) is 2. The summed E-state index contributed by atoms with van der Waals surface area (Å²) in [4.78, 5) is 15.0. The molecule has 1 aromatic carbocycles. The second-order valence-corrected chi connectivity index (χ2v) is 8.84. The van der Waals surface area contributed by atoms with Crippen molar-refractivity contribution >= 4 is 28.3 Å². The van der Waals surface area contributed by atoms with Crippen LogP contribution in [0.5, 0.6) is 0 Å². The van der Waals surface area contributed by atoms with Gasteiger partial charge in [-0.05, 0) is 32.4 Å². The number of sulfonamides is 1. The highest BCUT2D eigenvalue weighted by molar-refractivity contribution is 7.89. The monoisotopic (exact) mass is 403 g/mol. The molecule has 0 aliphatic carbocycles. The first-order valence-electron chi connectivity index (χ1n) is 8.81. The van der Waals surface area contributed by atoms with Gasteiger partial charge in [-0.3, -0.25) is 4.79 Å². The van der Waals surface area contributed by atoms with Crippen LogP contribution in [0.1, 0.15) is 25.3 Å². The molecular weight excluding hydrogens is 374 g/mol. The second-order valence-electron chi connectivity index (χ2n) is 6.58. The van der Waals surface area contributed by atoms with Gasteiger partial charge in [0.15, 0.2) is 0 Å². The average Bonchev–Trinajstić information content (AvgIpc) is 2.66. The van der Waals surface area contributed by atoms with E-state index in [1.165, 1.54) is 4.31 Å². The minimum Gasteiger partial charge on any atom is -0.344 e. The number of piperidine rings is 1. The quantitative estimate of drug-likeness (QED) is 0.748. The highest BCUT2D eigenvalue weighted by Gasteiger charge is 2.45. The van der Waals surface area contributed by atoms with Crippen LogP contribution in [-0.2, 0) is 20.2 Å². The average molecular weight is 404 g/mol. The maximum Gasteiger partial charge on any atom is 0.233 e. The number of halogens is 1. The molecule has 0 bridgehead atoms. The molecule has 1 N–H and O–H groups in total. The summed E-state index contributed by atoms with van der Waals surface area (Å²) >= 11 is 0. The molecule has 1 saturated heterocycles. The van der Waals surface area contributed by atoms with Crippen LogP contribution in [0, 0.1) is 0 Å². The number of rotatable bonds is 7. The van der Waals surface area contributed by atoms with Crippen LogP contribution in [0.3, 0.4) is 0 Å². The van der Waals surface area contributed by atoms with E-state index in [2.05, 4.69) is 5.32 Å². The third kappa shape index (κ3) is 4.76.